The molecule has 0 aromatic heterocycles. The van der Waals surface area contributed by atoms with Crippen LogP contribution in [0.3, 0.4) is 0 Å². The molecule has 0 fully saturated rings. The lowest BCUT2D eigenvalue weighted by atomic mass is 9.93. The number of rotatable bonds is 3. The van der Waals surface area contributed by atoms with E-state index in [1.54, 1.807) is 6.92 Å². The highest BCUT2D eigenvalue weighted by Crippen LogP contribution is 2.22. The molecule has 1 atom stereocenters. The molecule has 1 rings (SSSR count). The van der Waals surface area contributed by atoms with Gasteiger partial charge in [0.1, 0.15) is 0 Å². The number of hydrogen-bond donors (Lipinski definition) is 1. The van der Waals surface area contributed by atoms with E-state index >= 15 is 0 Å². The van der Waals surface area contributed by atoms with Gasteiger partial charge in [0.25, 0.3) is 0 Å². The lowest BCUT2D eigenvalue weighted by molar-refractivity contribution is 0.138. The summed E-state index contributed by atoms with van der Waals surface area (Å²) in [5.41, 5.74) is 4.90. The molecule has 0 aliphatic heterocycles. The Hall–Kier alpha value is -1.00. The summed E-state index contributed by atoms with van der Waals surface area (Å²) in [4.78, 5) is 0. The molecule has 1 unspecified atom stereocenters. The number of benzene rings is 1. The van der Waals surface area contributed by atoms with Crippen LogP contribution in [0.25, 0.3) is 0 Å². The molecule has 0 spiro atoms. The minimum Gasteiger partial charge on any atom is -0.382 e. The maximum atomic E-state index is 13.3. The monoisotopic (exact) mass is 201 g/mol. The Morgan fingerprint density at radius 1 is 1.43 bits per heavy atom. The number of hydrogen-bond acceptors (Lipinski definition) is 2. The van der Waals surface area contributed by atoms with Crippen LogP contribution in [0.5, 0.6) is 0 Å². The molecule has 2 nitrogen and oxygen atoms in total. The predicted octanol–water partition coefficient (Wildman–Crippen LogP) is 1.79. The van der Waals surface area contributed by atoms with Gasteiger partial charge in [0.15, 0.2) is 11.6 Å². The van der Waals surface area contributed by atoms with E-state index < -0.39 is 17.2 Å². The molecule has 4 heteroatoms. The van der Waals surface area contributed by atoms with Crippen molar-refractivity contribution in [2.45, 2.75) is 12.5 Å². The molecule has 0 amide bonds. The van der Waals surface area contributed by atoms with E-state index in [1.807, 2.05) is 0 Å². The molecule has 14 heavy (non-hydrogen) atoms. The second-order valence-electron chi connectivity index (χ2n) is 3.45. The van der Waals surface area contributed by atoms with Gasteiger partial charge in [-0.05, 0) is 13.0 Å². The molecule has 2 N–H and O–H groups in total. The van der Waals surface area contributed by atoms with E-state index in [4.69, 9.17) is 10.5 Å². The lowest BCUT2D eigenvalue weighted by Gasteiger charge is -2.24. The second-order valence-corrected chi connectivity index (χ2v) is 3.45. The number of ether oxygens (including phenoxy) is 1. The minimum absolute atomic E-state index is 0.124. The van der Waals surface area contributed by atoms with Crippen LogP contribution >= 0.6 is 0 Å². The van der Waals surface area contributed by atoms with Gasteiger partial charge in [0, 0.05) is 12.7 Å². The van der Waals surface area contributed by atoms with E-state index in [1.165, 1.54) is 19.2 Å². The lowest BCUT2D eigenvalue weighted by Crippen LogP contribution is -2.38. The third-order valence-electron chi connectivity index (χ3n) is 2.01. The Balaban J connectivity index is 3.12. The summed E-state index contributed by atoms with van der Waals surface area (Å²) >= 11 is 0. The average Bonchev–Trinajstić information content (AvgIpc) is 2.09. The Labute approximate surface area is 81.7 Å². The van der Waals surface area contributed by atoms with Crippen molar-refractivity contribution in [1.82, 2.24) is 0 Å². The van der Waals surface area contributed by atoms with Crippen molar-refractivity contribution in [3.05, 3.63) is 35.4 Å². The predicted molar refractivity (Wildman–Crippen MR) is 49.8 cm³/mol. The highest BCUT2D eigenvalue weighted by Gasteiger charge is 2.26. The zero-order valence-corrected chi connectivity index (χ0v) is 8.18. The Bertz CT molecular complexity index is 326. The third-order valence-corrected chi connectivity index (χ3v) is 2.01. The summed E-state index contributed by atoms with van der Waals surface area (Å²) in [6.45, 7) is 1.72. The van der Waals surface area contributed by atoms with Crippen LogP contribution in [0.1, 0.15) is 12.5 Å². The van der Waals surface area contributed by atoms with Crippen molar-refractivity contribution in [2.75, 3.05) is 13.7 Å². The SMILES string of the molecule is COCC(C)(N)c1cccc(F)c1F. The molecule has 0 radical (unpaired) electrons. The van der Waals surface area contributed by atoms with Crippen molar-refractivity contribution >= 4 is 0 Å². The summed E-state index contributed by atoms with van der Waals surface area (Å²) in [6, 6.07) is 3.94. The number of halogens is 2. The molecule has 0 saturated carbocycles. The van der Waals surface area contributed by atoms with E-state index in [0.29, 0.717) is 0 Å². The summed E-state index contributed by atoms with van der Waals surface area (Å²) < 4.78 is 31.0. The van der Waals surface area contributed by atoms with Gasteiger partial charge in [-0.3, -0.25) is 0 Å². The molecule has 0 bridgehead atoms. The zero-order valence-electron chi connectivity index (χ0n) is 8.18. The first kappa shape index (κ1) is 11.1. The van der Waals surface area contributed by atoms with Gasteiger partial charge in [-0.2, -0.15) is 0 Å². The summed E-state index contributed by atoms with van der Waals surface area (Å²) in [5, 5.41) is 0. The fourth-order valence-electron chi connectivity index (χ4n) is 1.32. The number of nitrogens with two attached hydrogens (primary N) is 1. The quantitative estimate of drug-likeness (QED) is 0.809. The molecular formula is C10H13F2NO. The van der Waals surface area contributed by atoms with Crippen molar-refractivity contribution in [1.29, 1.82) is 0 Å². The third kappa shape index (κ3) is 2.08. The Morgan fingerprint density at radius 3 is 2.64 bits per heavy atom. The van der Waals surface area contributed by atoms with Crippen LogP contribution in [-0.2, 0) is 10.3 Å². The smallest absolute Gasteiger partial charge is 0.163 e. The molecule has 0 aliphatic carbocycles. The first-order chi connectivity index (χ1) is 6.49. The standard InChI is InChI=1S/C10H13F2NO/c1-10(13,6-14-2)7-4-3-5-8(11)9(7)12/h3-5H,6,13H2,1-2H3. The van der Waals surface area contributed by atoms with Crippen molar-refractivity contribution < 1.29 is 13.5 Å². The molecular weight excluding hydrogens is 188 g/mol. The highest BCUT2D eigenvalue weighted by molar-refractivity contribution is 5.26. The van der Waals surface area contributed by atoms with Crippen molar-refractivity contribution in [2.24, 2.45) is 5.73 Å². The van der Waals surface area contributed by atoms with Crippen LogP contribution in [-0.4, -0.2) is 13.7 Å². The van der Waals surface area contributed by atoms with Gasteiger partial charge in [0.05, 0.1) is 12.1 Å². The summed E-state index contributed by atoms with van der Waals surface area (Å²) in [5.74, 6) is -1.80. The Morgan fingerprint density at radius 2 is 2.07 bits per heavy atom. The molecule has 0 heterocycles. The fourth-order valence-corrected chi connectivity index (χ4v) is 1.32. The van der Waals surface area contributed by atoms with Crippen molar-refractivity contribution in [3.63, 3.8) is 0 Å². The zero-order chi connectivity index (χ0) is 10.8. The number of methoxy groups -OCH3 is 1. The van der Waals surface area contributed by atoms with Gasteiger partial charge >= 0.3 is 0 Å². The van der Waals surface area contributed by atoms with E-state index in [9.17, 15) is 8.78 Å². The molecule has 1 aromatic rings. The van der Waals surface area contributed by atoms with Crippen LogP contribution in [0.2, 0.25) is 0 Å². The van der Waals surface area contributed by atoms with E-state index in [-0.39, 0.29) is 12.2 Å². The first-order valence-corrected chi connectivity index (χ1v) is 4.21. The van der Waals surface area contributed by atoms with Crippen LogP contribution < -0.4 is 5.73 Å². The van der Waals surface area contributed by atoms with Gasteiger partial charge in [-0.15, -0.1) is 0 Å². The van der Waals surface area contributed by atoms with Gasteiger partial charge in [-0.1, -0.05) is 12.1 Å². The first-order valence-electron chi connectivity index (χ1n) is 4.21. The fraction of sp³-hybridized carbons (Fsp3) is 0.400. The second kappa shape index (κ2) is 4.02. The molecule has 0 aliphatic rings. The molecule has 1 aromatic carbocycles. The minimum atomic E-state index is -1.01. The highest BCUT2D eigenvalue weighted by atomic mass is 19.2. The maximum absolute atomic E-state index is 13.3. The largest absolute Gasteiger partial charge is 0.382 e. The van der Waals surface area contributed by atoms with E-state index in [0.717, 1.165) is 6.07 Å². The van der Waals surface area contributed by atoms with Gasteiger partial charge in [-0.25, -0.2) is 8.78 Å². The summed E-state index contributed by atoms with van der Waals surface area (Å²) in [7, 11) is 1.46. The molecule has 78 valence electrons. The van der Waals surface area contributed by atoms with Gasteiger partial charge in [0.2, 0.25) is 0 Å². The Kier molecular flexibility index (Phi) is 3.18. The summed E-state index contributed by atoms with van der Waals surface area (Å²) in [6.07, 6.45) is 0. The van der Waals surface area contributed by atoms with Crippen LogP contribution in [0.15, 0.2) is 18.2 Å². The normalized spacial score (nSPS) is 15.2. The van der Waals surface area contributed by atoms with E-state index in [2.05, 4.69) is 0 Å². The average molecular weight is 201 g/mol. The van der Waals surface area contributed by atoms with Crippen molar-refractivity contribution in [3.8, 4) is 0 Å². The van der Waals surface area contributed by atoms with Crippen LogP contribution in [0.4, 0.5) is 8.78 Å². The topological polar surface area (TPSA) is 35.2 Å². The maximum Gasteiger partial charge on any atom is 0.163 e. The van der Waals surface area contributed by atoms with Crippen LogP contribution in [0, 0.1) is 11.6 Å². The molecule has 0 saturated heterocycles. The van der Waals surface area contributed by atoms with Gasteiger partial charge < -0.3 is 10.5 Å².